The Morgan fingerprint density at radius 1 is 0.917 bits per heavy atom. The Bertz CT molecular complexity index is 1340. The molecule has 1 aliphatic rings. The molecule has 0 bridgehead atoms. The van der Waals surface area contributed by atoms with Gasteiger partial charge in [-0.15, -0.1) is 0 Å². The first-order chi connectivity index (χ1) is 17.5. The number of para-hydroxylation sites is 1. The lowest BCUT2D eigenvalue weighted by atomic mass is 10.2. The number of imidazole rings is 1. The van der Waals surface area contributed by atoms with Crippen molar-refractivity contribution < 1.29 is 14.3 Å². The van der Waals surface area contributed by atoms with Gasteiger partial charge in [0.15, 0.2) is 0 Å². The van der Waals surface area contributed by atoms with Gasteiger partial charge in [0.2, 0.25) is 5.91 Å². The Morgan fingerprint density at radius 3 is 2.42 bits per heavy atom. The number of rotatable bonds is 7. The molecular formula is C28H29N5O3. The second-order valence-corrected chi connectivity index (χ2v) is 8.90. The van der Waals surface area contributed by atoms with Gasteiger partial charge in [0.25, 0.3) is 5.91 Å². The summed E-state index contributed by atoms with van der Waals surface area (Å²) in [5, 5.41) is 2.74. The first-order valence-corrected chi connectivity index (χ1v) is 12.1. The smallest absolute Gasteiger partial charge is 0.251 e. The highest BCUT2D eigenvalue weighted by atomic mass is 16.5. The Hall–Kier alpha value is -4.33. The standard InChI is InChI=1S/C28H29N5O3/c1-21-7-12-26-30-23(19-33(26)18-21)20-36-25-10-8-22(9-11-25)28(35)29-17-27(34)32-15-13-31(14-16-32)24-5-3-2-4-6-24/h2-12,18-19H,13-17,20H2,1H3,(H,29,35). The van der Waals surface area contributed by atoms with Crippen LogP contribution in [0.3, 0.4) is 0 Å². The van der Waals surface area contributed by atoms with Crippen LogP contribution in [0.4, 0.5) is 5.69 Å². The molecule has 1 aliphatic heterocycles. The third-order valence-electron chi connectivity index (χ3n) is 6.31. The van der Waals surface area contributed by atoms with E-state index in [0.29, 0.717) is 31.0 Å². The highest BCUT2D eigenvalue weighted by Gasteiger charge is 2.21. The molecule has 1 N–H and O–H groups in total. The van der Waals surface area contributed by atoms with Crippen LogP contribution in [0.15, 0.2) is 79.1 Å². The number of fused-ring (bicyclic) bond motifs is 1. The van der Waals surface area contributed by atoms with Crippen LogP contribution in [-0.2, 0) is 11.4 Å². The molecule has 0 radical (unpaired) electrons. The Morgan fingerprint density at radius 2 is 1.67 bits per heavy atom. The third kappa shape index (κ3) is 5.49. The van der Waals surface area contributed by atoms with Gasteiger partial charge in [-0.1, -0.05) is 24.3 Å². The lowest BCUT2D eigenvalue weighted by Gasteiger charge is -2.36. The summed E-state index contributed by atoms with van der Waals surface area (Å²) in [4.78, 5) is 33.8. The molecule has 0 saturated carbocycles. The van der Waals surface area contributed by atoms with Crippen molar-refractivity contribution >= 4 is 23.1 Å². The fraction of sp³-hybridized carbons (Fsp3) is 0.250. The summed E-state index contributed by atoms with van der Waals surface area (Å²) in [6.07, 6.45) is 3.97. The molecule has 0 atom stereocenters. The topological polar surface area (TPSA) is 79.2 Å². The van der Waals surface area contributed by atoms with Crippen molar-refractivity contribution in [1.29, 1.82) is 0 Å². The maximum atomic E-state index is 12.6. The maximum absolute atomic E-state index is 12.6. The average Bonchev–Trinajstić information content (AvgIpc) is 3.33. The number of benzene rings is 2. The van der Waals surface area contributed by atoms with E-state index in [-0.39, 0.29) is 18.4 Å². The minimum Gasteiger partial charge on any atom is -0.487 e. The Balaban J connectivity index is 1.07. The largest absolute Gasteiger partial charge is 0.487 e. The van der Waals surface area contributed by atoms with Crippen molar-refractivity contribution in [3.05, 3.63) is 95.9 Å². The van der Waals surface area contributed by atoms with Crippen molar-refractivity contribution in [3.63, 3.8) is 0 Å². The molecule has 0 aliphatic carbocycles. The number of pyridine rings is 1. The summed E-state index contributed by atoms with van der Waals surface area (Å²) in [5.41, 5.74) is 4.50. The zero-order valence-corrected chi connectivity index (χ0v) is 20.3. The fourth-order valence-electron chi connectivity index (χ4n) is 4.31. The van der Waals surface area contributed by atoms with Gasteiger partial charge in [-0.05, 0) is 55.0 Å². The molecule has 5 rings (SSSR count). The number of nitrogens with one attached hydrogen (secondary N) is 1. The summed E-state index contributed by atoms with van der Waals surface area (Å²) < 4.78 is 7.81. The highest BCUT2D eigenvalue weighted by molar-refractivity contribution is 5.96. The monoisotopic (exact) mass is 483 g/mol. The number of piperazine rings is 1. The molecule has 2 aromatic carbocycles. The van der Waals surface area contributed by atoms with E-state index in [1.54, 1.807) is 29.2 Å². The molecule has 1 fully saturated rings. The van der Waals surface area contributed by atoms with Crippen LogP contribution in [0.5, 0.6) is 5.75 Å². The predicted octanol–water partition coefficient (Wildman–Crippen LogP) is 3.30. The van der Waals surface area contributed by atoms with E-state index < -0.39 is 0 Å². The summed E-state index contributed by atoms with van der Waals surface area (Å²) in [6, 6.07) is 21.1. The molecule has 184 valence electrons. The second-order valence-electron chi connectivity index (χ2n) is 8.90. The molecule has 3 heterocycles. The number of carbonyl (C=O) groups excluding carboxylic acids is 2. The number of nitrogens with zero attached hydrogens (tertiary/aromatic N) is 4. The van der Waals surface area contributed by atoms with Gasteiger partial charge < -0.3 is 24.3 Å². The molecule has 1 saturated heterocycles. The van der Waals surface area contributed by atoms with Gasteiger partial charge in [0.05, 0.1) is 12.2 Å². The molecule has 2 amide bonds. The first kappa shape index (κ1) is 23.4. The van der Waals surface area contributed by atoms with Crippen LogP contribution in [0.2, 0.25) is 0 Å². The van der Waals surface area contributed by atoms with E-state index in [1.807, 2.05) is 54.0 Å². The Kier molecular flexibility index (Phi) is 6.84. The van der Waals surface area contributed by atoms with E-state index in [2.05, 4.69) is 27.3 Å². The van der Waals surface area contributed by atoms with E-state index >= 15 is 0 Å². The van der Waals surface area contributed by atoms with Gasteiger partial charge in [0.1, 0.15) is 18.0 Å². The lowest BCUT2D eigenvalue weighted by molar-refractivity contribution is -0.130. The minimum absolute atomic E-state index is 0.0181. The molecule has 0 unspecified atom stereocenters. The molecule has 4 aromatic rings. The number of carbonyl (C=O) groups is 2. The quantitative estimate of drug-likeness (QED) is 0.436. The van der Waals surface area contributed by atoms with E-state index in [1.165, 1.54) is 5.69 Å². The number of ether oxygens (including phenoxy) is 1. The molecular weight excluding hydrogens is 454 g/mol. The summed E-state index contributed by atoms with van der Waals surface area (Å²) in [7, 11) is 0. The number of hydrogen-bond donors (Lipinski definition) is 1. The van der Waals surface area contributed by atoms with E-state index in [9.17, 15) is 9.59 Å². The highest BCUT2D eigenvalue weighted by Crippen LogP contribution is 2.17. The third-order valence-corrected chi connectivity index (χ3v) is 6.31. The summed E-state index contributed by atoms with van der Waals surface area (Å²) in [6.45, 7) is 5.19. The minimum atomic E-state index is -0.284. The number of amides is 2. The van der Waals surface area contributed by atoms with Crippen LogP contribution in [0.1, 0.15) is 21.6 Å². The molecule has 8 heteroatoms. The predicted molar refractivity (Wildman–Crippen MR) is 138 cm³/mol. The average molecular weight is 484 g/mol. The molecule has 8 nitrogen and oxygen atoms in total. The number of aryl methyl sites for hydroxylation is 1. The van der Waals surface area contributed by atoms with Gasteiger partial charge in [0, 0.05) is 49.8 Å². The normalized spacial score (nSPS) is 13.6. The zero-order chi connectivity index (χ0) is 24.9. The maximum Gasteiger partial charge on any atom is 0.251 e. The Labute approximate surface area is 210 Å². The van der Waals surface area contributed by atoms with Crippen LogP contribution in [-0.4, -0.2) is 58.8 Å². The molecule has 36 heavy (non-hydrogen) atoms. The molecule has 2 aromatic heterocycles. The van der Waals surface area contributed by atoms with Gasteiger partial charge >= 0.3 is 0 Å². The van der Waals surface area contributed by atoms with Gasteiger partial charge in [-0.3, -0.25) is 9.59 Å². The second kappa shape index (κ2) is 10.5. The van der Waals surface area contributed by atoms with Gasteiger partial charge in [-0.2, -0.15) is 0 Å². The SMILES string of the molecule is Cc1ccc2nc(COc3ccc(C(=O)NCC(=O)N4CCN(c5ccccc5)CC4)cc3)cn2c1. The fourth-order valence-corrected chi connectivity index (χ4v) is 4.31. The van der Waals surface area contributed by atoms with Gasteiger partial charge in [-0.25, -0.2) is 4.98 Å². The summed E-state index contributed by atoms with van der Waals surface area (Å²) >= 11 is 0. The van der Waals surface area contributed by atoms with Crippen LogP contribution in [0, 0.1) is 6.92 Å². The zero-order valence-electron chi connectivity index (χ0n) is 20.3. The van der Waals surface area contributed by atoms with Crippen molar-refractivity contribution in [3.8, 4) is 5.75 Å². The van der Waals surface area contributed by atoms with Crippen LogP contribution >= 0.6 is 0 Å². The summed E-state index contributed by atoms with van der Waals surface area (Å²) in [5.74, 6) is 0.291. The van der Waals surface area contributed by atoms with Crippen molar-refractivity contribution in [1.82, 2.24) is 19.6 Å². The number of hydrogen-bond acceptors (Lipinski definition) is 5. The van der Waals surface area contributed by atoms with Crippen molar-refractivity contribution in [2.75, 3.05) is 37.6 Å². The first-order valence-electron chi connectivity index (χ1n) is 12.1. The van der Waals surface area contributed by atoms with Crippen molar-refractivity contribution in [2.24, 2.45) is 0 Å². The van der Waals surface area contributed by atoms with Crippen LogP contribution in [0.25, 0.3) is 5.65 Å². The lowest BCUT2D eigenvalue weighted by Crippen LogP contribution is -2.51. The van der Waals surface area contributed by atoms with Crippen LogP contribution < -0.4 is 15.0 Å². The van der Waals surface area contributed by atoms with Crippen molar-refractivity contribution in [2.45, 2.75) is 13.5 Å². The number of anilines is 1. The molecule has 0 spiro atoms. The van der Waals surface area contributed by atoms with E-state index in [0.717, 1.165) is 30.0 Å². The van der Waals surface area contributed by atoms with E-state index in [4.69, 9.17) is 4.74 Å². The number of aromatic nitrogens is 2.